The fraction of sp³-hybridized carbons (Fsp3) is 0.278. The molecule has 3 heteroatoms. The first-order valence-electron chi connectivity index (χ1n) is 7.13. The van der Waals surface area contributed by atoms with E-state index >= 15 is 0 Å². The topological polar surface area (TPSA) is 20.3 Å². The molecule has 0 fully saturated rings. The van der Waals surface area contributed by atoms with E-state index in [9.17, 15) is 9.18 Å². The van der Waals surface area contributed by atoms with Crippen molar-refractivity contribution < 1.29 is 9.18 Å². The Hall–Kier alpha value is -2.16. The number of anilines is 1. The van der Waals surface area contributed by atoms with E-state index in [-0.39, 0.29) is 11.6 Å². The van der Waals surface area contributed by atoms with Gasteiger partial charge in [0.05, 0.1) is 0 Å². The van der Waals surface area contributed by atoms with Crippen LogP contribution in [-0.4, -0.2) is 19.4 Å². The maximum atomic E-state index is 12.8. The van der Waals surface area contributed by atoms with Crippen molar-refractivity contribution in [2.45, 2.75) is 19.8 Å². The molecule has 0 amide bonds. The highest BCUT2D eigenvalue weighted by Crippen LogP contribution is 2.18. The fourth-order valence-corrected chi connectivity index (χ4v) is 2.37. The van der Waals surface area contributed by atoms with Crippen molar-refractivity contribution in [3.63, 3.8) is 0 Å². The van der Waals surface area contributed by atoms with E-state index in [0.717, 1.165) is 13.0 Å². The first kappa shape index (κ1) is 15.2. The van der Waals surface area contributed by atoms with Crippen molar-refractivity contribution in [2.75, 3.05) is 18.5 Å². The van der Waals surface area contributed by atoms with Gasteiger partial charge in [0.25, 0.3) is 0 Å². The van der Waals surface area contributed by atoms with E-state index in [0.29, 0.717) is 12.0 Å². The third kappa shape index (κ3) is 4.15. The molecular formula is C18H20FNO. The number of benzene rings is 2. The van der Waals surface area contributed by atoms with Crippen LogP contribution in [0.2, 0.25) is 0 Å². The minimum atomic E-state index is -0.314. The van der Waals surface area contributed by atoms with Crippen LogP contribution >= 0.6 is 0 Å². The lowest BCUT2D eigenvalue weighted by molar-refractivity contribution is 0.0980. The Morgan fingerprint density at radius 1 is 1.10 bits per heavy atom. The highest BCUT2D eigenvalue weighted by Gasteiger charge is 2.08. The molecule has 0 spiro atoms. The largest absolute Gasteiger partial charge is 0.374 e. The second kappa shape index (κ2) is 7.02. The van der Waals surface area contributed by atoms with Crippen molar-refractivity contribution in [3.05, 3.63) is 65.5 Å². The number of halogens is 1. The lowest BCUT2D eigenvalue weighted by atomic mass is 10.1. The molecule has 0 saturated heterocycles. The van der Waals surface area contributed by atoms with Crippen molar-refractivity contribution >= 4 is 11.5 Å². The van der Waals surface area contributed by atoms with E-state index in [4.69, 9.17) is 0 Å². The number of Topliss-reactive ketones (excluding diaryl/α,β-unsaturated/α-hetero) is 1. The predicted octanol–water partition coefficient (Wildman–Crippen LogP) is 4.23. The average molecular weight is 285 g/mol. The van der Waals surface area contributed by atoms with Gasteiger partial charge in [-0.3, -0.25) is 4.79 Å². The average Bonchev–Trinajstić information content (AvgIpc) is 2.48. The zero-order valence-corrected chi connectivity index (χ0v) is 12.5. The molecule has 0 saturated carbocycles. The van der Waals surface area contributed by atoms with E-state index in [1.54, 1.807) is 12.1 Å². The number of aryl methyl sites for hydroxylation is 1. The van der Waals surface area contributed by atoms with Gasteiger partial charge in [-0.25, -0.2) is 4.39 Å². The summed E-state index contributed by atoms with van der Waals surface area (Å²) in [7, 11) is 2.03. The second-order valence-electron chi connectivity index (χ2n) is 5.24. The van der Waals surface area contributed by atoms with Crippen LogP contribution in [0.1, 0.15) is 28.8 Å². The van der Waals surface area contributed by atoms with Gasteiger partial charge in [-0.15, -0.1) is 0 Å². The van der Waals surface area contributed by atoms with Crippen molar-refractivity contribution in [3.8, 4) is 0 Å². The lowest BCUT2D eigenvalue weighted by Crippen LogP contribution is -2.20. The molecule has 2 aromatic rings. The standard InChI is InChI=1S/C18H20FNO/c1-14-6-3-4-7-17(14)20(2)13-5-8-18(21)15-9-11-16(19)12-10-15/h3-4,6-7,9-12H,5,8,13H2,1-2H3. The number of para-hydroxylation sites is 1. The van der Waals surface area contributed by atoms with Gasteiger partial charge in [-0.05, 0) is 49.2 Å². The number of ketones is 1. The Bertz CT molecular complexity index is 607. The second-order valence-corrected chi connectivity index (χ2v) is 5.24. The Morgan fingerprint density at radius 3 is 2.43 bits per heavy atom. The maximum absolute atomic E-state index is 12.8. The van der Waals surface area contributed by atoms with Gasteiger partial charge in [-0.1, -0.05) is 18.2 Å². The third-order valence-corrected chi connectivity index (χ3v) is 3.59. The molecule has 0 N–H and O–H groups in total. The Balaban J connectivity index is 1.85. The molecule has 0 aliphatic heterocycles. The summed E-state index contributed by atoms with van der Waals surface area (Å²) in [4.78, 5) is 14.2. The first-order chi connectivity index (χ1) is 10.1. The summed E-state index contributed by atoms with van der Waals surface area (Å²) in [6.07, 6.45) is 1.25. The van der Waals surface area contributed by atoms with Gasteiger partial charge in [0, 0.05) is 31.3 Å². The molecule has 21 heavy (non-hydrogen) atoms. The van der Waals surface area contributed by atoms with Crippen LogP contribution < -0.4 is 4.90 Å². The zero-order valence-electron chi connectivity index (χ0n) is 12.5. The predicted molar refractivity (Wildman–Crippen MR) is 84.4 cm³/mol. The van der Waals surface area contributed by atoms with Crippen LogP contribution in [0.15, 0.2) is 48.5 Å². The number of rotatable bonds is 6. The summed E-state index contributed by atoms with van der Waals surface area (Å²) in [5.74, 6) is -0.251. The van der Waals surface area contributed by atoms with Crippen LogP contribution in [0.3, 0.4) is 0 Å². The van der Waals surface area contributed by atoms with Gasteiger partial charge in [0.2, 0.25) is 0 Å². The highest BCUT2D eigenvalue weighted by molar-refractivity contribution is 5.95. The first-order valence-corrected chi connectivity index (χ1v) is 7.13. The van der Waals surface area contributed by atoms with E-state index in [2.05, 4.69) is 24.0 Å². The molecule has 110 valence electrons. The fourth-order valence-electron chi connectivity index (χ4n) is 2.37. The Kier molecular flexibility index (Phi) is 5.09. The summed E-state index contributed by atoms with van der Waals surface area (Å²) in [5, 5.41) is 0. The maximum Gasteiger partial charge on any atom is 0.162 e. The number of hydrogen-bond donors (Lipinski definition) is 0. The number of carbonyl (C=O) groups is 1. The van der Waals surface area contributed by atoms with Gasteiger partial charge >= 0.3 is 0 Å². The molecule has 0 heterocycles. The number of hydrogen-bond acceptors (Lipinski definition) is 2. The molecule has 0 atom stereocenters. The van der Waals surface area contributed by atoms with Gasteiger partial charge in [0.15, 0.2) is 5.78 Å². The number of carbonyl (C=O) groups excluding carboxylic acids is 1. The minimum absolute atomic E-state index is 0.0631. The molecule has 0 bridgehead atoms. The Labute approximate surface area is 125 Å². The smallest absolute Gasteiger partial charge is 0.162 e. The van der Waals surface area contributed by atoms with Crippen LogP contribution in [0.4, 0.5) is 10.1 Å². The molecule has 0 aromatic heterocycles. The van der Waals surface area contributed by atoms with E-state index < -0.39 is 0 Å². The Morgan fingerprint density at radius 2 is 1.76 bits per heavy atom. The SMILES string of the molecule is Cc1ccccc1N(C)CCCC(=O)c1ccc(F)cc1. The zero-order chi connectivity index (χ0) is 15.2. The molecule has 2 aromatic carbocycles. The lowest BCUT2D eigenvalue weighted by Gasteiger charge is -2.21. The third-order valence-electron chi connectivity index (χ3n) is 3.59. The monoisotopic (exact) mass is 285 g/mol. The molecule has 0 radical (unpaired) electrons. The van der Waals surface area contributed by atoms with Crippen molar-refractivity contribution in [2.24, 2.45) is 0 Å². The molecule has 2 nitrogen and oxygen atoms in total. The number of nitrogens with zero attached hydrogens (tertiary/aromatic N) is 1. The van der Waals surface area contributed by atoms with Crippen LogP contribution in [-0.2, 0) is 0 Å². The van der Waals surface area contributed by atoms with Crippen LogP contribution in [0.25, 0.3) is 0 Å². The van der Waals surface area contributed by atoms with Crippen LogP contribution in [0.5, 0.6) is 0 Å². The molecule has 0 aliphatic rings. The van der Waals surface area contributed by atoms with Gasteiger partial charge < -0.3 is 4.90 Å². The summed E-state index contributed by atoms with van der Waals surface area (Å²) in [5.41, 5.74) is 2.99. The van der Waals surface area contributed by atoms with E-state index in [1.165, 1.54) is 23.4 Å². The van der Waals surface area contributed by atoms with Crippen molar-refractivity contribution in [1.82, 2.24) is 0 Å². The quantitative estimate of drug-likeness (QED) is 0.740. The normalized spacial score (nSPS) is 10.4. The molecule has 0 aliphatic carbocycles. The van der Waals surface area contributed by atoms with Gasteiger partial charge in [-0.2, -0.15) is 0 Å². The summed E-state index contributed by atoms with van der Waals surface area (Å²) >= 11 is 0. The van der Waals surface area contributed by atoms with Gasteiger partial charge in [0.1, 0.15) is 5.82 Å². The summed E-state index contributed by atoms with van der Waals surface area (Å²) < 4.78 is 12.8. The molecular weight excluding hydrogens is 265 g/mol. The molecule has 0 unspecified atom stereocenters. The van der Waals surface area contributed by atoms with Crippen molar-refractivity contribution in [1.29, 1.82) is 0 Å². The van der Waals surface area contributed by atoms with E-state index in [1.807, 2.05) is 19.2 Å². The summed E-state index contributed by atoms with van der Waals surface area (Å²) in [6, 6.07) is 13.9. The minimum Gasteiger partial charge on any atom is -0.374 e. The summed E-state index contributed by atoms with van der Waals surface area (Å²) in [6.45, 7) is 2.90. The molecule has 2 rings (SSSR count). The van der Waals surface area contributed by atoms with Crippen LogP contribution in [0, 0.1) is 12.7 Å². The highest BCUT2D eigenvalue weighted by atomic mass is 19.1.